The summed E-state index contributed by atoms with van der Waals surface area (Å²) in [6, 6.07) is 13.1. The van der Waals surface area contributed by atoms with E-state index in [1.54, 1.807) is 24.3 Å². The van der Waals surface area contributed by atoms with Crippen LogP contribution in [-0.2, 0) is 21.9 Å². The Morgan fingerprint density at radius 2 is 1.97 bits per heavy atom. The monoisotopic (exact) mass is 443 g/mol. The number of nitrogens with zero attached hydrogens (tertiary/aromatic N) is 1. The molecule has 2 bridgehead atoms. The Hall–Kier alpha value is -2.58. The van der Waals surface area contributed by atoms with E-state index in [-0.39, 0.29) is 16.1 Å². The number of carbonyl (C=O) groups excluding carboxylic acids is 1. The minimum Gasteiger partial charge on any atom is -0.508 e. The van der Waals surface area contributed by atoms with Crippen molar-refractivity contribution in [1.82, 2.24) is 14.9 Å². The minimum absolute atomic E-state index is 0.0483. The molecule has 0 radical (unpaired) electrons. The lowest BCUT2D eigenvalue weighted by atomic mass is 9.56. The van der Waals surface area contributed by atoms with Crippen molar-refractivity contribution < 1.29 is 18.3 Å². The Bertz CT molecular complexity index is 1070. The molecule has 2 aliphatic rings. The largest absolute Gasteiger partial charge is 0.508 e. The van der Waals surface area contributed by atoms with Crippen LogP contribution in [0.5, 0.6) is 5.75 Å². The summed E-state index contributed by atoms with van der Waals surface area (Å²) in [7, 11) is -1.76. The van der Waals surface area contributed by atoms with Gasteiger partial charge in [-0.1, -0.05) is 31.2 Å². The summed E-state index contributed by atoms with van der Waals surface area (Å²) in [6.07, 6.45) is 2.54. The lowest BCUT2D eigenvalue weighted by molar-refractivity contribution is 0.0363. The Morgan fingerprint density at radius 1 is 1.23 bits per heavy atom. The van der Waals surface area contributed by atoms with E-state index in [0.29, 0.717) is 24.9 Å². The molecule has 0 saturated carbocycles. The summed E-state index contributed by atoms with van der Waals surface area (Å²) in [5.41, 5.74) is 2.22. The zero-order valence-corrected chi connectivity index (χ0v) is 18.7. The average molecular weight is 444 g/mol. The number of piperidine rings is 1. The number of phenolic OH excluding ortho intramolecular Hbond substituents is 1. The minimum atomic E-state index is -3.91. The number of likely N-dealkylation sites (N-methyl/N-ethyl adjacent to an activating group) is 1. The third-order valence-electron chi connectivity index (χ3n) is 7.12. The molecule has 0 unspecified atom stereocenters. The molecule has 3 atom stereocenters. The molecular weight excluding hydrogens is 414 g/mol. The summed E-state index contributed by atoms with van der Waals surface area (Å²) in [6.45, 7) is 3.53. The van der Waals surface area contributed by atoms with E-state index in [2.05, 4.69) is 28.9 Å². The van der Waals surface area contributed by atoms with Gasteiger partial charge in [0.05, 0.1) is 4.90 Å². The van der Waals surface area contributed by atoms with Crippen LogP contribution in [0.3, 0.4) is 0 Å². The number of amides is 2. The molecule has 4 rings (SSSR count). The highest BCUT2D eigenvalue weighted by Crippen LogP contribution is 2.51. The highest BCUT2D eigenvalue weighted by molar-refractivity contribution is 7.90. The van der Waals surface area contributed by atoms with Crippen LogP contribution < -0.4 is 10.0 Å². The van der Waals surface area contributed by atoms with E-state index >= 15 is 0 Å². The maximum absolute atomic E-state index is 12.4. The quantitative estimate of drug-likeness (QED) is 0.660. The number of hydrogen-bond acceptors (Lipinski definition) is 5. The van der Waals surface area contributed by atoms with Gasteiger partial charge < -0.3 is 15.3 Å². The van der Waals surface area contributed by atoms with Gasteiger partial charge in [0.15, 0.2) is 0 Å². The summed E-state index contributed by atoms with van der Waals surface area (Å²) in [5, 5.41) is 12.9. The molecule has 1 aliphatic heterocycles. The van der Waals surface area contributed by atoms with Crippen molar-refractivity contribution >= 4 is 16.1 Å². The number of phenols is 1. The van der Waals surface area contributed by atoms with Crippen LogP contribution in [0.4, 0.5) is 4.79 Å². The van der Waals surface area contributed by atoms with Crippen LogP contribution in [0.25, 0.3) is 0 Å². The van der Waals surface area contributed by atoms with Crippen molar-refractivity contribution in [2.24, 2.45) is 5.92 Å². The lowest BCUT2D eigenvalue weighted by Crippen LogP contribution is -2.58. The lowest BCUT2D eigenvalue weighted by Gasteiger charge is -2.55. The zero-order valence-electron chi connectivity index (χ0n) is 17.8. The molecule has 1 saturated heterocycles. The van der Waals surface area contributed by atoms with Gasteiger partial charge in [0.2, 0.25) is 0 Å². The first-order chi connectivity index (χ1) is 14.7. The SMILES string of the molecule is C[C@H]1[C@H]2Cc3ccc(O)cc3[C@@]1(CCNC(=O)NS(=O)(=O)c1ccccc1)CCN2C. The number of hydrogen-bond donors (Lipinski definition) is 3. The molecule has 31 heavy (non-hydrogen) atoms. The van der Waals surface area contributed by atoms with Gasteiger partial charge in [0.1, 0.15) is 5.75 Å². The molecular formula is C23H29N3O4S. The van der Waals surface area contributed by atoms with Gasteiger partial charge in [0, 0.05) is 18.0 Å². The van der Waals surface area contributed by atoms with Gasteiger partial charge in [-0.3, -0.25) is 0 Å². The van der Waals surface area contributed by atoms with Gasteiger partial charge in [-0.2, -0.15) is 0 Å². The summed E-state index contributed by atoms with van der Waals surface area (Å²) in [5.74, 6) is 0.598. The van der Waals surface area contributed by atoms with Gasteiger partial charge in [-0.15, -0.1) is 0 Å². The summed E-state index contributed by atoms with van der Waals surface area (Å²) < 4.78 is 26.8. The molecule has 1 fully saturated rings. The molecule has 2 aromatic carbocycles. The number of nitrogens with one attached hydrogen (secondary N) is 2. The van der Waals surface area contributed by atoms with Gasteiger partial charge in [-0.25, -0.2) is 17.9 Å². The second-order valence-corrected chi connectivity index (χ2v) is 10.4. The highest BCUT2D eigenvalue weighted by atomic mass is 32.2. The average Bonchev–Trinajstić information content (AvgIpc) is 2.73. The summed E-state index contributed by atoms with van der Waals surface area (Å²) in [4.78, 5) is 14.8. The molecule has 1 heterocycles. The topological polar surface area (TPSA) is 98.7 Å². The number of likely N-dealkylation sites (tertiary alicyclic amines) is 1. The highest BCUT2D eigenvalue weighted by Gasteiger charge is 2.50. The van der Waals surface area contributed by atoms with Gasteiger partial charge >= 0.3 is 6.03 Å². The molecule has 0 aromatic heterocycles. The number of benzene rings is 2. The Morgan fingerprint density at radius 3 is 2.71 bits per heavy atom. The number of rotatable bonds is 5. The fourth-order valence-electron chi connectivity index (χ4n) is 5.37. The van der Waals surface area contributed by atoms with E-state index in [1.165, 1.54) is 17.7 Å². The van der Waals surface area contributed by atoms with Crippen molar-refractivity contribution in [2.45, 2.75) is 42.5 Å². The smallest absolute Gasteiger partial charge is 0.328 e. The van der Waals surface area contributed by atoms with Crippen LogP contribution in [0, 0.1) is 5.92 Å². The fraction of sp³-hybridized carbons (Fsp3) is 0.435. The maximum Gasteiger partial charge on any atom is 0.328 e. The first kappa shape index (κ1) is 21.6. The molecule has 2 aromatic rings. The van der Waals surface area contributed by atoms with E-state index in [4.69, 9.17) is 0 Å². The molecule has 166 valence electrons. The van der Waals surface area contributed by atoms with Crippen LogP contribution in [0.1, 0.15) is 30.9 Å². The second kappa shape index (κ2) is 8.16. The Balaban J connectivity index is 1.48. The van der Waals surface area contributed by atoms with E-state index in [1.807, 2.05) is 12.1 Å². The second-order valence-electron chi connectivity index (χ2n) is 8.71. The normalized spacial score (nSPS) is 25.5. The van der Waals surface area contributed by atoms with Gasteiger partial charge in [-0.05, 0) is 74.2 Å². The van der Waals surface area contributed by atoms with Crippen LogP contribution in [0.2, 0.25) is 0 Å². The molecule has 7 nitrogen and oxygen atoms in total. The first-order valence-corrected chi connectivity index (χ1v) is 12.1. The molecule has 3 N–H and O–H groups in total. The Labute approximate surface area is 183 Å². The van der Waals surface area contributed by atoms with Crippen molar-refractivity contribution in [2.75, 3.05) is 20.1 Å². The third kappa shape index (κ3) is 4.02. The molecule has 8 heteroatoms. The number of fused-ring (bicyclic) bond motifs is 4. The van der Waals surface area contributed by atoms with E-state index < -0.39 is 16.1 Å². The zero-order chi connectivity index (χ0) is 22.2. The van der Waals surface area contributed by atoms with E-state index in [9.17, 15) is 18.3 Å². The predicted octanol–water partition coefficient (Wildman–Crippen LogP) is 2.60. The first-order valence-electron chi connectivity index (χ1n) is 10.6. The third-order valence-corrected chi connectivity index (χ3v) is 8.47. The molecule has 2 amide bonds. The number of carbonyl (C=O) groups is 1. The van der Waals surface area contributed by atoms with Crippen molar-refractivity contribution in [3.05, 3.63) is 59.7 Å². The van der Waals surface area contributed by atoms with Crippen molar-refractivity contribution in [3.8, 4) is 5.75 Å². The summed E-state index contributed by atoms with van der Waals surface area (Å²) >= 11 is 0. The molecule has 0 spiro atoms. The van der Waals surface area contributed by atoms with Crippen LogP contribution >= 0.6 is 0 Å². The maximum atomic E-state index is 12.4. The van der Waals surface area contributed by atoms with Crippen LogP contribution in [-0.4, -0.2) is 50.6 Å². The fourth-order valence-corrected chi connectivity index (χ4v) is 6.32. The van der Waals surface area contributed by atoms with Crippen molar-refractivity contribution in [1.29, 1.82) is 0 Å². The van der Waals surface area contributed by atoms with Crippen LogP contribution in [0.15, 0.2) is 53.4 Å². The standard InChI is InChI=1S/C23H29N3O4S/c1-16-21-14-17-8-9-18(27)15-20(17)23(16,11-13-26(21)2)10-12-24-22(28)25-31(29,30)19-6-4-3-5-7-19/h3-9,15-16,21,27H,10-14H2,1-2H3,(H2,24,25,28)/t16-,21+,23-/m0/s1. The van der Waals surface area contributed by atoms with Crippen molar-refractivity contribution in [3.63, 3.8) is 0 Å². The van der Waals surface area contributed by atoms with Gasteiger partial charge in [0.25, 0.3) is 10.0 Å². The molecule has 1 aliphatic carbocycles. The number of urea groups is 1. The number of sulfonamides is 1. The number of aromatic hydroxyl groups is 1. The predicted molar refractivity (Wildman–Crippen MR) is 118 cm³/mol. The van der Waals surface area contributed by atoms with E-state index in [0.717, 1.165) is 24.9 Å². The Kier molecular flexibility index (Phi) is 5.70.